The second kappa shape index (κ2) is 6.46. The first-order chi connectivity index (χ1) is 10.6. The molecule has 2 aromatic heterocycles. The van der Waals surface area contributed by atoms with Crippen LogP contribution in [0, 0.1) is 12.8 Å². The molecular formula is C16H22N4O2. The number of nitrogens with zero attached hydrogens (tertiary/aromatic N) is 2. The van der Waals surface area contributed by atoms with Crippen molar-refractivity contribution in [3.05, 3.63) is 35.8 Å². The smallest absolute Gasteiger partial charge is 0.237 e. The lowest BCUT2D eigenvalue weighted by Crippen LogP contribution is -2.46. The van der Waals surface area contributed by atoms with Gasteiger partial charge in [-0.1, -0.05) is 6.07 Å². The molecule has 2 aromatic rings. The summed E-state index contributed by atoms with van der Waals surface area (Å²) in [6, 6.07) is 5.48. The third-order valence-corrected chi connectivity index (χ3v) is 4.27. The van der Waals surface area contributed by atoms with E-state index in [1.807, 2.05) is 35.7 Å². The minimum absolute atomic E-state index is 0.110. The number of ether oxygens (including phenoxy) is 1. The van der Waals surface area contributed by atoms with Crippen LogP contribution in [0.4, 0.5) is 0 Å². The molecular weight excluding hydrogens is 280 g/mol. The van der Waals surface area contributed by atoms with E-state index in [-0.39, 0.29) is 11.8 Å². The fourth-order valence-electron chi connectivity index (χ4n) is 2.87. The third-order valence-electron chi connectivity index (χ3n) is 4.27. The van der Waals surface area contributed by atoms with Crippen molar-refractivity contribution in [3.63, 3.8) is 0 Å². The molecule has 0 radical (unpaired) electrons. The standard InChI is InChI=1S/C16H22N4O2/c1-11-3-2-4-14-19-13(10-20(11)14)9-18-16(21)15(17)12-5-7-22-8-6-12/h2-4,10,12,15H,5-9,17H2,1H3,(H,18,21). The molecule has 1 amide bonds. The Bertz CT molecular complexity index is 661. The summed E-state index contributed by atoms with van der Waals surface area (Å²) in [6.07, 6.45) is 3.65. The number of aryl methyl sites for hydroxylation is 1. The zero-order chi connectivity index (χ0) is 15.5. The van der Waals surface area contributed by atoms with Crippen molar-refractivity contribution in [1.29, 1.82) is 0 Å². The molecule has 6 nitrogen and oxygen atoms in total. The van der Waals surface area contributed by atoms with E-state index >= 15 is 0 Å². The molecule has 1 unspecified atom stereocenters. The van der Waals surface area contributed by atoms with Crippen LogP contribution in [-0.4, -0.2) is 34.5 Å². The van der Waals surface area contributed by atoms with Crippen LogP contribution in [0.3, 0.4) is 0 Å². The van der Waals surface area contributed by atoms with Gasteiger partial charge in [-0.15, -0.1) is 0 Å². The Kier molecular flexibility index (Phi) is 4.40. The highest BCUT2D eigenvalue weighted by Gasteiger charge is 2.26. The van der Waals surface area contributed by atoms with E-state index in [9.17, 15) is 4.79 Å². The summed E-state index contributed by atoms with van der Waals surface area (Å²) in [6.45, 7) is 3.81. The van der Waals surface area contributed by atoms with Crippen molar-refractivity contribution in [2.75, 3.05) is 13.2 Å². The Hall–Kier alpha value is -1.92. The third kappa shape index (κ3) is 3.13. The number of fused-ring (bicyclic) bond motifs is 1. The first-order valence-electron chi connectivity index (χ1n) is 7.70. The summed E-state index contributed by atoms with van der Waals surface area (Å²) in [7, 11) is 0. The Morgan fingerprint density at radius 2 is 2.27 bits per heavy atom. The van der Waals surface area contributed by atoms with Gasteiger partial charge in [0.1, 0.15) is 5.65 Å². The summed E-state index contributed by atoms with van der Waals surface area (Å²) in [5.41, 5.74) is 8.90. The van der Waals surface area contributed by atoms with Gasteiger partial charge < -0.3 is 20.2 Å². The van der Waals surface area contributed by atoms with Gasteiger partial charge in [-0.3, -0.25) is 4.79 Å². The summed E-state index contributed by atoms with van der Waals surface area (Å²) < 4.78 is 7.32. The van der Waals surface area contributed by atoms with Crippen LogP contribution in [0.1, 0.15) is 24.2 Å². The van der Waals surface area contributed by atoms with E-state index in [1.54, 1.807) is 0 Å². The molecule has 22 heavy (non-hydrogen) atoms. The predicted molar refractivity (Wildman–Crippen MR) is 83.3 cm³/mol. The van der Waals surface area contributed by atoms with Crippen LogP contribution < -0.4 is 11.1 Å². The molecule has 6 heteroatoms. The Balaban J connectivity index is 1.60. The fraction of sp³-hybridized carbons (Fsp3) is 0.500. The molecule has 1 atom stereocenters. The van der Waals surface area contributed by atoms with Gasteiger partial charge >= 0.3 is 0 Å². The maximum absolute atomic E-state index is 12.2. The number of nitrogens with one attached hydrogen (secondary N) is 1. The topological polar surface area (TPSA) is 81.7 Å². The molecule has 1 aliphatic heterocycles. The normalized spacial score (nSPS) is 17.5. The van der Waals surface area contributed by atoms with Crippen LogP contribution in [0.2, 0.25) is 0 Å². The van der Waals surface area contributed by atoms with Gasteiger partial charge in [0.25, 0.3) is 0 Å². The molecule has 0 saturated carbocycles. The van der Waals surface area contributed by atoms with Crippen molar-refractivity contribution >= 4 is 11.6 Å². The van der Waals surface area contributed by atoms with Crippen molar-refractivity contribution in [1.82, 2.24) is 14.7 Å². The highest BCUT2D eigenvalue weighted by Crippen LogP contribution is 2.17. The van der Waals surface area contributed by atoms with Gasteiger partial charge in [-0.2, -0.15) is 0 Å². The Morgan fingerprint density at radius 3 is 3.00 bits per heavy atom. The number of imidazole rings is 1. The molecule has 0 bridgehead atoms. The number of aromatic nitrogens is 2. The molecule has 3 heterocycles. The van der Waals surface area contributed by atoms with Crippen LogP contribution in [0.15, 0.2) is 24.4 Å². The number of amides is 1. The van der Waals surface area contributed by atoms with Crippen LogP contribution in [0.5, 0.6) is 0 Å². The molecule has 3 N–H and O–H groups in total. The number of hydrogen-bond donors (Lipinski definition) is 2. The zero-order valence-electron chi connectivity index (χ0n) is 12.8. The summed E-state index contributed by atoms with van der Waals surface area (Å²) in [5.74, 6) is 0.0951. The van der Waals surface area contributed by atoms with Gasteiger partial charge in [-0.25, -0.2) is 4.98 Å². The van der Waals surface area contributed by atoms with E-state index in [4.69, 9.17) is 10.5 Å². The van der Waals surface area contributed by atoms with Crippen LogP contribution in [0.25, 0.3) is 5.65 Å². The summed E-state index contributed by atoms with van der Waals surface area (Å²) in [4.78, 5) is 16.7. The van der Waals surface area contributed by atoms with Gasteiger partial charge in [0.15, 0.2) is 0 Å². The summed E-state index contributed by atoms with van der Waals surface area (Å²) >= 11 is 0. The second-order valence-electron chi connectivity index (χ2n) is 5.82. The maximum atomic E-state index is 12.2. The summed E-state index contributed by atoms with van der Waals surface area (Å²) in [5, 5.41) is 2.90. The highest BCUT2D eigenvalue weighted by atomic mass is 16.5. The van der Waals surface area contributed by atoms with Crippen molar-refractivity contribution in [2.24, 2.45) is 11.7 Å². The largest absolute Gasteiger partial charge is 0.381 e. The van der Waals surface area contributed by atoms with Crippen LogP contribution >= 0.6 is 0 Å². The van der Waals surface area contributed by atoms with Crippen LogP contribution in [-0.2, 0) is 16.1 Å². The first-order valence-corrected chi connectivity index (χ1v) is 7.70. The molecule has 0 aromatic carbocycles. The molecule has 1 aliphatic rings. The molecule has 118 valence electrons. The van der Waals surface area contributed by atoms with Gasteiger partial charge in [0, 0.05) is 25.1 Å². The number of nitrogens with two attached hydrogens (primary N) is 1. The fourth-order valence-corrected chi connectivity index (χ4v) is 2.87. The Labute approximate surface area is 129 Å². The average Bonchev–Trinajstić information content (AvgIpc) is 2.97. The van der Waals surface area contributed by atoms with E-state index < -0.39 is 6.04 Å². The molecule has 3 rings (SSSR count). The first kappa shape index (κ1) is 15.0. The Morgan fingerprint density at radius 1 is 1.50 bits per heavy atom. The average molecular weight is 302 g/mol. The predicted octanol–water partition coefficient (Wildman–Crippen LogP) is 1.01. The lowest BCUT2D eigenvalue weighted by molar-refractivity contribution is -0.124. The number of pyridine rings is 1. The molecule has 1 fully saturated rings. The second-order valence-corrected chi connectivity index (χ2v) is 5.82. The molecule has 1 saturated heterocycles. The van der Waals surface area contributed by atoms with E-state index in [0.29, 0.717) is 19.8 Å². The highest BCUT2D eigenvalue weighted by molar-refractivity contribution is 5.81. The number of rotatable bonds is 4. The van der Waals surface area contributed by atoms with E-state index in [0.717, 1.165) is 29.9 Å². The number of carbonyl (C=O) groups excluding carboxylic acids is 1. The number of carbonyl (C=O) groups is 1. The van der Waals surface area contributed by atoms with Gasteiger partial charge in [-0.05, 0) is 37.8 Å². The van der Waals surface area contributed by atoms with E-state index in [2.05, 4.69) is 10.3 Å². The van der Waals surface area contributed by atoms with Crippen molar-refractivity contribution in [2.45, 2.75) is 32.4 Å². The van der Waals surface area contributed by atoms with E-state index in [1.165, 1.54) is 0 Å². The minimum atomic E-state index is -0.470. The maximum Gasteiger partial charge on any atom is 0.237 e. The lowest BCUT2D eigenvalue weighted by atomic mass is 9.92. The monoisotopic (exact) mass is 302 g/mol. The minimum Gasteiger partial charge on any atom is -0.381 e. The van der Waals surface area contributed by atoms with Crippen molar-refractivity contribution < 1.29 is 9.53 Å². The van der Waals surface area contributed by atoms with Gasteiger partial charge in [0.05, 0.1) is 18.3 Å². The van der Waals surface area contributed by atoms with Gasteiger partial charge in [0.2, 0.25) is 5.91 Å². The van der Waals surface area contributed by atoms with Crippen molar-refractivity contribution in [3.8, 4) is 0 Å². The SMILES string of the molecule is Cc1cccc2nc(CNC(=O)C(N)C3CCOCC3)cn12. The lowest BCUT2D eigenvalue weighted by Gasteiger charge is -2.26. The molecule has 0 aliphatic carbocycles. The molecule has 0 spiro atoms. The zero-order valence-corrected chi connectivity index (χ0v) is 12.8. The quantitative estimate of drug-likeness (QED) is 0.883. The number of hydrogen-bond acceptors (Lipinski definition) is 4.